The first kappa shape index (κ1) is 58.7. The summed E-state index contributed by atoms with van der Waals surface area (Å²) < 4.78 is 28.4. The van der Waals surface area contributed by atoms with Gasteiger partial charge in [-0.15, -0.1) is 23.5 Å². The first-order chi connectivity index (χ1) is 34.2. The fourth-order valence-corrected chi connectivity index (χ4v) is 9.18. The van der Waals surface area contributed by atoms with E-state index in [9.17, 15) is 24.0 Å². The molecule has 2 aromatic rings. The molecular formula is C50H72N8O12S2. The van der Waals surface area contributed by atoms with Gasteiger partial charge in [0.15, 0.2) is 0 Å². The largest absolute Gasteiger partial charge is 0.489 e. The van der Waals surface area contributed by atoms with E-state index < -0.39 is 52.2 Å². The Morgan fingerprint density at radius 1 is 0.819 bits per heavy atom. The number of thioether (sulfide) groups is 2. The van der Waals surface area contributed by atoms with E-state index in [0.29, 0.717) is 104 Å². The van der Waals surface area contributed by atoms with Gasteiger partial charge < -0.3 is 54.4 Å². The van der Waals surface area contributed by atoms with Crippen molar-refractivity contribution in [1.29, 1.82) is 0 Å². The van der Waals surface area contributed by atoms with E-state index in [1.165, 1.54) is 35.7 Å². The van der Waals surface area contributed by atoms with Crippen LogP contribution in [-0.4, -0.2) is 107 Å². The molecule has 3 unspecified atom stereocenters. The number of nitrogens with one attached hydrogen (secondary N) is 3. The Kier molecular flexibility index (Phi) is 23.1. The molecule has 5 N–H and O–H groups in total. The number of nitrogens with zero attached hydrogens (tertiary/aromatic N) is 4. The number of rotatable bonds is 30. The number of amides is 3. The number of hydrogen-bond donors (Lipinski definition) is 4. The van der Waals surface area contributed by atoms with Gasteiger partial charge in [0, 0.05) is 36.6 Å². The molecule has 0 bridgehead atoms. The first-order valence-electron chi connectivity index (χ1n) is 24.1. The number of ether oxygens (including phenoxy) is 3. The van der Waals surface area contributed by atoms with Crippen molar-refractivity contribution in [1.82, 2.24) is 16.0 Å². The molecule has 0 radical (unpaired) electrons. The minimum Gasteiger partial charge on any atom is -0.489 e. The highest BCUT2D eigenvalue weighted by atomic mass is 32.2. The average Bonchev–Trinajstić information content (AvgIpc) is 3.94. The Bertz CT molecular complexity index is 2430. The molecule has 72 heavy (non-hydrogen) atoms. The third kappa shape index (κ3) is 19.0. The Labute approximate surface area is 429 Å². The molecule has 4 rings (SSSR count). The van der Waals surface area contributed by atoms with Crippen LogP contribution in [0, 0.1) is 0 Å². The Morgan fingerprint density at radius 3 is 1.88 bits per heavy atom. The van der Waals surface area contributed by atoms with Crippen LogP contribution in [0.3, 0.4) is 0 Å². The summed E-state index contributed by atoms with van der Waals surface area (Å²) in [7, 11) is 0. The summed E-state index contributed by atoms with van der Waals surface area (Å²) in [4.78, 5) is 85.6. The fraction of sp³-hybridized carbons (Fsp3) is 0.580. The molecule has 22 heteroatoms. The second kappa shape index (κ2) is 28.4. The van der Waals surface area contributed by atoms with Gasteiger partial charge in [-0.2, -0.15) is 0 Å². The van der Waals surface area contributed by atoms with Crippen molar-refractivity contribution in [3.05, 3.63) is 81.9 Å². The number of aliphatic imine (C=N–C) groups is 2. The van der Waals surface area contributed by atoms with Gasteiger partial charge in [0.1, 0.15) is 87.1 Å². The van der Waals surface area contributed by atoms with Crippen LogP contribution in [0.5, 0.6) is 11.5 Å². The highest BCUT2D eigenvalue weighted by Crippen LogP contribution is 2.33. The van der Waals surface area contributed by atoms with E-state index in [4.69, 9.17) is 48.4 Å². The lowest BCUT2D eigenvalue weighted by Gasteiger charge is -2.25. The second-order valence-electron chi connectivity index (χ2n) is 18.5. The molecule has 0 saturated heterocycles. The summed E-state index contributed by atoms with van der Waals surface area (Å²) in [6.07, 6.45) is 6.41. The number of oxime groups is 2. The maximum atomic E-state index is 14.0. The molecule has 0 saturated carbocycles. The van der Waals surface area contributed by atoms with Crippen LogP contribution in [0.1, 0.15) is 130 Å². The molecule has 5 atom stereocenters. The van der Waals surface area contributed by atoms with E-state index in [0.717, 1.165) is 0 Å². The van der Waals surface area contributed by atoms with E-state index in [-0.39, 0.29) is 48.0 Å². The molecule has 2 aliphatic rings. The standard InChI is InChI=1S/C50H72N8O12S2/c1-11-18-37(53-45(61)49(9)30-71-44(55-49)33(5)58-66-25-17-22-52-47(63)70-48(6,7)8)40-27-36(29-42(60)69-40)67-34(13-3)19-14-15-20-38(39-26-35(64-23-12-2)28-41(59)68-39)54-46(62)50(10)31-72-43(56-50)32(4)57-65-24-16-21-51/h12-13,26-29,34,37-38H,2-3,11,14-25,30-31,51H2,1,4-10H3,(H,52,63)(H,53,61)(H,54,62)/b57-32+,58-33+/t34?,37-,38-,49?,50?/m1/s1. The van der Waals surface area contributed by atoms with Crippen LogP contribution >= 0.6 is 23.5 Å². The van der Waals surface area contributed by atoms with Gasteiger partial charge in [-0.25, -0.2) is 14.4 Å². The zero-order chi connectivity index (χ0) is 52.9. The molecule has 396 valence electrons. The predicted molar refractivity (Wildman–Crippen MR) is 283 cm³/mol. The van der Waals surface area contributed by atoms with Gasteiger partial charge in [-0.3, -0.25) is 19.6 Å². The quantitative estimate of drug-likeness (QED) is 0.0258. The molecule has 2 aliphatic heterocycles. The lowest BCUT2D eigenvalue weighted by atomic mass is 10.0. The SMILES string of the molecule is C=CCOc1cc([C@@H](CCCCC(C=C)Oc2cc([C@@H](CCC)NC(=O)C3(C)CSC(/C(C)=N/OCCCNC(=O)OC(C)(C)C)=N3)oc(=O)c2)NC(=O)C2(C)CSC(/C(C)=N/OCCCN)=N2)oc(=O)c1. The minimum atomic E-state index is -1.14. The monoisotopic (exact) mass is 1040 g/mol. The maximum absolute atomic E-state index is 14.0. The molecule has 0 fully saturated rings. The van der Waals surface area contributed by atoms with Crippen LogP contribution in [0.25, 0.3) is 0 Å². The lowest BCUT2D eigenvalue weighted by molar-refractivity contribution is -0.126. The van der Waals surface area contributed by atoms with Crippen molar-refractivity contribution < 1.29 is 47.1 Å². The summed E-state index contributed by atoms with van der Waals surface area (Å²) in [5, 5.41) is 18.2. The Balaban J connectivity index is 1.39. The summed E-state index contributed by atoms with van der Waals surface area (Å²) in [5.41, 5.74) is 2.43. The van der Waals surface area contributed by atoms with Gasteiger partial charge in [0.05, 0.1) is 24.2 Å². The van der Waals surface area contributed by atoms with E-state index in [1.54, 1.807) is 72.8 Å². The maximum Gasteiger partial charge on any atom is 0.407 e. The topological polar surface area (TPSA) is 269 Å². The normalized spacial score (nSPS) is 19.2. The molecule has 2 aromatic heterocycles. The van der Waals surface area contributed by atoms with Crippen molar-refractivity contribution in [2.45, 2.75) is 142 Å². The summed E-state index contributed by atoms with van der Waals surface area (Å²) in [6.45, 7) is 23.5. The van der Waals surface area contributed by atoms with Gasteiger partial charge >= 0.3 is 17.3 Å². The summed E-state index contributed by atoms with van der Waals surface area (Å²) >= 11 is 2.77. The highest BCUT2D eigenvalue weighted by Gasteiger charge is 2.41. The van der Waals surface area contributed by atoms with Crippen molar-refractivity contribution in [2.24, 2.45) is 26.0 Å². The van der Waals surface area contributed by atoms with Gasteiger partial charge in [-0.05, 0) is 87.1 Å². The number of carbonyl (C=O) groups is 3. The molecule has 0 aromatic carbocycles. The van der Waals surface area contributed by atoms with Gasteiger partial charge in [0.25, 0.3) is 0 Å². The Hall–Kier alpha value is -5.87. The number of nitrogens with two attached hydrogens (primary N) is 1. The number of hydrogen-bond acceptors (Lipinski definition) is 19. The lowest BCUT2D eigenvalue weighted by Crippen LogP contribution is -2.45. The van der Waals surface area contributed by atoms with Crippen LogP contribution in [0.2, 0.25) is 0 Å². The summed E-state index contributed by atoms with van der Waals surface area (Å²) in [5.74, 6) is 0.940. The minimum absolute atomic E-state index is 0.162. The van der Waals surface area contributed by atoms with Crippen molar-refractivity contribution in [3.63, 3.8) is 0 Å². The average molecular weight is 1040 g/mol. The molecule has 4 heterocycles. The zero-order valence-electron chi connectivity index (χ0n) is 42.8. The van der Waals surface area contributed by atoms with Gasteiger partial charge in [0.2, 0.25) is 11.8 Å². The molecule has 3 amide bonds. The van der Waals surface area contributed by atoms with Crippen molar-refractivity contribution >= 4 is 62.9 Å². The predicted octanol–water partition coefficient (Wildman–Crippen LogP) is 7.32. The van der Waals surface area contributed by atoms with Crippen LogP contribution in [0.15, 0.2) is 88.3 Å². The highest BCUT2D eigenvalue weighted by molar-refractivity contribution is 8.16. The smallest absolute Gasteiger partial charge is 0.407 e. The molecule has 0 aliphatic carbocycles. The van der Waals surface area contributed by atoms with Crippen LogP contribution in [-0.2, 0) is 24.0 Å². The zero-order valence-corrected chi connectivity index (χ0v) is 44.4. The fourth-order valence-electron chi connectivity index (χ4n) is 6.93. The molecule has 20 nitrogen and oxygen atoms in total. The van der Waals surface area contributed by atoms with Crippen molar-refractivity contribution in [3.8, 4) is 11.5 Å². The van der Waals surface area contributed by atoms with E-state index in [2.05, 4.69) is 39.4 Å². The van der Waals surface area contributed by atoms with Gasteiger partial charge in [-0.1, -0.05) is 55.4 Å². The summed E-state index contributed by atoms with van der Waals surface area (Å²) in [6, 6.07) is 4.26. The second-order valence-corrected chi connectivity index (χ2v) is 20.5. The first-order valence-corrected chi connectivity index (χ1v) is 26.1. The Morgan fingerprint density at radius 2 is 1.35 bits per heavy atom. The molecule has 0 spiro atoms. The molecular weight excluding hydrogens is 969 g/mol. The number of alkyl carbamates (subject to hydrolysis) is 1. The van der Waals surface area contributed by atoms with E-state index >= 15 is 0 Å². The number of unbranched alkanes of at least 4 members (excludes halogenated alkanes) is 1. The van der Waals surface area contributed by atoms with Crippen molar-refractivity contribution in [2.75, 3.05) is 44.4 Å². The third-order valence-corrected chi connectivity index (χ3v) is 13.5. The van der Waals surface area contributed by atoms with Crippen LogP contribution in [0.4, 0.5) is 4.79 Å². The van der Waals surface area contributed by atoms with Crippen LogP contribution < -0.4 is 42.4 Å². The number of carbonyl (C=O) groups excluding carboxylic acids is 3. The van der Waals surface area contributed by atoms with E-state index in [1.807, 2.05) is 6.92 Å². The third-order valence-electron chi connectivity index (χ3n) is 10.7.